The minimum absolute atomic E-state index is 0.245. The highest BCUT2D eigenvalue weighted by Crippen LogP contribution is 2.20. The van der Waals surface area contributed by atoms with Gasteiger partial charge in [0, 0.05) is 12.7 Å². The van der Waals surface area contributed by atoms with Gasteiger partial charge in [0.25, 0.3) is 11.8 Å². The molecular formula is C11H13N3O2. The number of unbranched alkanes of at least 4 members (excludes halogenated alkanes) is 1. The summed E-state index contributed by atoms with van der Waals surface area (Å²) in [4.78, 5) is 28.8. The van der Waals surface area contributed by atoms with Crippen LogP contribution in [-0.4, -0.2) is 34.8 Å². The van der Waals surface area contributed by atoms with Gasteiger partial charge in [-0.1, -0.05) is 0 Å². The molecule has 0 aliphatic carbocycles. The molecule has 1 aliphatic rings. The second-order valence-electron chi connectivity index (χ2n) is 3.66. The normalized spacial score (nSPS) is 14.4. The third kappa shape index (κ3) is 1.69. The third-order valence-electron chi connectivity index (χ3n) is 2.57. The second kappa shape index (κ2) is 4.40. The second-order valence-corrected chi connectivity index (χ2v) is 3.66. The molecule has 0 radical (unpaired) electrons. The number of carbonyl (C=O) groups is 2. The Morgan fingerprint density at radius 3 is 2.75 bits per heavy atom. The van der Waals surface area contributed by atoms with E-state index in [0.717, 1.165) is 12.8 Å². The van der Waals surface area contributed by atoms with Crippen LogP contribution >= 0.6 is 0 Å². The molecule has 2 amide bonds. The summed E-state index contributed by atoms with van der Waals surface area (Å²) < 4.78 is 0. The van der Waals surface area contributed by atoms with Crippen LogP contribution in [-0.2, 0) is 0 Å². The van der Waals surface area contributed by atoms with Crippen molar-refractivity contribution >= 4 is 11.8 Å². The predicted octanol–water partition coefficient (Wildman–Crippen LogP) is 0.416. The van der Waals surface area contributed by atoms with Crippen molar-refractivity contribution in [2.75, 3.05) is 13.1 Å². The van der Waals surface area contributed by atoms with E-state index in [4.69, 9.17) is 5.73 Å². The van der Waals surface area contributed by atoms with Crippen LogP contribution in [0.2, 0.25) is 0 Å². The van der Waals surface area contributed by atoms with Gasteiger partial charge in [0.05, 0.1) is 5.56 Å². The molecule has 0 bridgehead atoms. The highest BCUT2D eigenvalue weighted by atomic mass is 16.2. The molecule has 2 N–H and O–H groups in total. The lowest BCUT2D eigenvalue weighted by molar-refractivity contribution is 0.0650. The quantitative estimate of drug-likeness (QED) is 0.588. The number of hydrogen-bond acceptors (Lipinski definition) is 4. The van der Waals surface area contributed by atoms with Gasteiger partial charge in [0.2, 0.25) is 0 Å². The van der Waals surface area contributed by atoms with E-state index in [1.54, 1.807) is 12.1 Å². The van der Waals surface area contributed by atoms with Crippen molar-refractivity contribution in [1.29, 1.82) is 0 Å². The average molecular weight is 219 g/mol. The fraction of sp³-hybridized carbons (Fsp3) is 0.364. The summed E-state index contributed by atoms with van der Waals surface area (Å²) in [6.45, 7) is 0.993. The van der Waals surface area contributed by atoms with Crippen molar-refractivity contribution in [3.8, 4) is 0 Å². The van der Waals surface area contributed by atoms with E-state index in [0.29, 0.717) is 18.7 Å². The number of rotatable bonds is 4. The van der Waals surface area contributed by atoms with Crippen LogP contribution in [0.5, 0.6) is 0 Å². The van der Waals surface area contributed by atoms with E-state index in [2.05, 4.69) is 4.98 Å². The van der Waals surface area contributed by atoms with E-state index in [9.17, 15) is 9.59 Å². The van der Waals surface area contributed by atoms with Crippen molar-refractivity contribution in [2.45, 2.75) is 12.8 Å². The molecule has 1 aromatic rings. The highest BCUT2D eigenvalue weighted by Gasteiger charge is 2.35. The first kappa shape index (κ1) is 10.8. The molecule has 0 saturated carbocycles. The van der Waals surface area contributed by atoms with E-state index in [1.165, 1.54) is 11.1 Å². The summed E-state index contributed by atoms with van der Waals surface area (Å²) in [5.41, 5.74) is 6.03. The van der Waals surface area contributed by atoms with Crippen molar-refractivity contribution < 1.29 is 9.59 Å². The van der Waals surface area contributed by atoms with Gasteiger partial charge in [0.15, 0.2) is 0 Å². The number of amides is 2. The first-order valence-corrected chi connectivity index (χ1v) is 5.27. The number of carbonyl (C=O) groups excluding carboxylic acids is 2. The van der Waals surface area contributed by atoms with Crippen LogP contribution in [0.3, 0.4) is 0 Å². The fourth-order valence-electron chi connectivity index (χ4n) is 1.73. The van der Waals surface area contributed by atoms with E-state index < -0.39 is 0 Å². The molecule has 16 heavy (non-hydrogen) atoms. The summed E-state index contributed by atoms with van der Waals surface area (Å²) in [5.74, 6) is -0.539. The largest absolute Gasteiger partial charge is 0.330 e. The van der Waals surface area contributed by atoms with Gasteiger partial charge in [-0.15, -0.1) is 0 Å². The van der Waals surface area contributed by atoms with Crippen LogP contribution in [0.4, 0.5) is 0 Å². The third-order valence-corrected chi connectivity index (χ3v) is 2.57. The average Bonchev–Trinajstić information content (AvgIpc) is 2.55. The Hall–Kier alpha value is -1.75. The van der Waals surface area contributed by atoms with Gasteiger partial charge >= 0.3 is 0 Å². The minimum Gasteiger partial charge on any atom is -0.330 e. The van der Waals surface area contributed by atoms with Gasteiger partial charge in [-0.2, -0.15) is 0 Å². The zero-order chi connectivity index (χ0) is 11.5. The van der Waals surface area contributed by atoms with Crippen molar-refractivity contribution in [2.24, 2.45) is 5.73 Å². The Morgan fingerprint density at radius 1 is 1.25 bits per heavy atom. The van der Waals surface area contributed by atoms with E-state index in [1.807, 2.05) is 0 Å². The summed E-state index contributed by atoms with van der Waals surface area (Å²) in [6.07, 6.45) is 3.07. The van der Waals surface area contributed by atoms with Gasteiger partial charge < -0.3 is 5.73 Å². The monoisotopic (exact) mass is 219 g/mol. The zero-order valence-corrected chi connectivity index (χ0v) is 8.85. The molecule has 5 heteroatoms. The molecule has 0 unspecified atom stereocenters. The van der Waals surface area contributed by atoms with Gasteiger partial charge in [-0.05, 0) is 31.5 Å². The van der Waals surface area contributed by atoms with Crippen molar-refractivity contribution in [1.82, 2.24) is 9.88 Å². The first-order valence-electron chi connectivity index (χ1n) is 5.27. The summed E-state index contributed by atoms with van der Waals surface area (Å²) >= 11 is 0. The SMILES string of the molecule is NCCCCN1C(=O)c2cccnc2C1=O. The number of imide groups is 1. The first-order chi connectivity index (χ1) is 7.75. The standard InChI is InChI=1S/C11H13N3O2/c12-5-1-2-7-14-10(15)8-4-3-6-13-9(8)11(14)16/h3-4,6H,1-2,5,7,12H2. The lowest BCUT2D eigenvalue weighted by atomic mass is 10.2. The topological polar surface area (TPSA) is 76.3 Å². The summed E-state index contributed by atoms with van der Waals surface area (Å²) in [6, 6.07) is 3.29. The smallest absolute Gasteiger partial charge is 0.280 e. The van der Waals surface area contributed by atoms with E-state index >= 15 is 0 Å². The van der Waals surface area contributed by atoms with Crippen LogP contribution in [0.25, 0.3) is 0 Å². The number of aromatic nitrogens is 1. The van der Waals surface area contributed by atoms with E-state index in [-0.39, 0.29) is 17.5 Å². The highest BCUT2D eigenvalue weighted by molar-refractivity contribution is 6.20. The van der Waals surface area contributed by atoms with Crippen LogP contribution in [0.15, 0.2) is 18.3 Å². The summed E-state index contributed by atoms with van der Waals surface area (Å²) in [7, 11) is 0. The number of hydrogen-bond donors (Lipinski definition) is 1. The van der Waals surface area contributed by atoms with Gasteiger partial charge in [0.1, 0.15) is 5.69 Å². The Morgan fingerprint density at radius 2 is 2.06 bits per heavy atom. The molecule has 0 saturated heterocycles. The zero-order valence-electron chi connectivity index (χ0n) is 8.85. The lowest BCUT2D eigenvalue weighted by Crippen LogP contribution is -2.31. The van der Waals surface area contributed by atoms with Crippen LogP contribution < -0.4 is 5.73 Å². The Bertz CT molecular complexity index is 396. The molecule has 84 valence electrons. The molecule has 0 fully saturated rings. The maximum Gasteiger partial charge on any atom is 0.280 e. The number of nitrogens with zero attached hydrogens (tertiary/aromatic N) is 2. The van der Waals surface area contributed by atoms with Gasteiger partial charge in [-0.25, -0.2) is 0 Å². The molecule has 5 nitrogen and oxygen atoms in total. The molecule has 0 atom stereocenters. The number of nitrogens with two attached hydrogens (primary N) is 1. The molecule has 1 aromatic heterocycles. The number of pyridine rings is 1. The van der Waals surface area contributed by atoms with Crippen molar-refractivity contribution in [3.05, 3.63) is 29.6 Å². The molecule has 0 spiro atoms. The molecule has 2 heterocycles. The van der Waals surface area contributed by atoms with Crippen LogP contribution in [0.1, 0.15) is 33.7 Å². The maximum atomic E-state index is 11.8. The Labute approximate surface area is 93.3 Å². The van der Waals surface area contributed by atoms with Crippen LogP contribution in [0, 0.1) is 0 Å². The molecular weight excluding hydrogens is 206 g/mol. The fourth-order valence-corrected chi connectivity index (χ4v) is 1.73. The number of fused-ring (bicyclic) bond motifs is 1. The van der Waals surface area contributed by atoms with Crippen molar-refractivity contribution in [3.63, 3.8) is 0 Å². The predicted molar refractivity (Wildman–Crippen MR) is 57.9 cm³/mol. The molecule has 1 aliphatic heterocycles. The summed E-state index contributed by atoms with van der Waals surface area (Å²) in [5, 5.41) is 0. The molecule has 2 rings (SSSR count). The Kier molecular flexibility index (Phi) is 2.96. The Balaban J connectivity index is 2.15. The molecule has 0 aromatic carbocycles. The lowest BCUT2D eigenvalue weighted by Gasteiger charge is -2.12. The maximum absolute atomic E-state index is 11.8. The minimum atomic E-state index is -0.294. The van der Waals surface area contributed by atoms with Gasteiger partial charge in [-0.3, -0.25) is 19.5 Å².